The number of nitrogens with zero attached hydrogens (tertiary/aromatic N) is 4. The van der Waals surface area contributed by atoms with Crippen LogP contribution in [-0.2, 0) is 6.54 Å². The molecule has 3 aromatic rings. The zero-order valence-corrected chi connectivity index (χ0v) is 13.6. The second kappa shape index (κ2) is 6.25. The van der Waals surface area contributed by atoms with Crippen molar-refractivity contribution in [1.82, 2.24) is 19.9 Å². The van der Waals surface area contributed by atoms with Crippen LogP contribution in [0.15, 0.2) is 35.1 Å². The first-order chi connectivity index (χ1) is 12.5. The van der Waals surface area contributed by atoms with Crippen LogP contribution in [0.25, 0.3) is 11.0 Å². The quantitative estimate of drug-likeness (QED) is 0.767. The van der Waals surface area contributed by atoms with Crippen LogP contribution < -0.4 is 0 Å². The van der Waals surface area contributed by atoms with Gasteiger partial charge in [0.15, 0.2) is 5.69 Å². The van der Waals surface area contributed by atoms with Gasteiger partial charge in [0.25, 0.3) is 5.91 Å². The first-order valence-corrected chi connectivity index (χ1v) is 8.14. The van der Waals surface area contributed by atoms with E-state index in [1.54, 1.807) is 11.0 Å². The molecular formula is C17H15FN4O4. The topological polar surface area (TPSA) is 101 Å². The molecule has 134 valence electrons. The second-order valence-corrected chi connectivity index (χ2v) is 6.22. The molecule has 26 heavy (non-hydrogen) atoms. The van der Waals surface area contributed by atoms with E-state index in [1.165, 1.54) is 29.3 Å². The summed E-state index contributed by atoms with van der Waals surface area (Å²) >= 11 is 0. The SMILES string of the molecule is O=C(O)c1cn(CC2CCCN2C(=O)c2cc(F)cc3ccoc23)nn1. The number of halogens is 1. The first kappa shape index (κ1) is 16.2. The van der Waals surface area contributed by atoms with Crippen LogP contribution in [0.5, 0.6) is 0 Å². The van der Waals surface area contributed by atoms with Gasteiger partial charge in [-0.25, -0.2) is 13.9 Å². The lowest BCUT2D eigenvalue weighted by Crippen LogP contribution is -2.38. The highest BCUT2D eigenvalue weighted by Crippen LogP contribution is 2.27. The summed E-state index contributed by atoms with van der Waals surface area (Å²) < 4.78 is 20.6. The molecule has 0 radical (unpaired) electrons. The van der Waals surface area contributed by atoms with Gasteiger partial charge < -0.3 is 14.4 Å². The van der Waals surface area contributed by atoms with E-state index < -0.39 is 11.8 Å². The van der Waals surface area contributed by atoms with Gasteiger partial charge in [-0.2, -0.15) is 0 Å². The number of hydrogen-bond donors (Lipinski definition) is 1. The Labute approximate surface area is 146 Å². The summed E-state index contributed by atoms with van der Waals surface area (Å²) in [6.07, 6.45) is 4.29. The zero-order valence-electron chi connectivity index (χ0n) is 13.6. The van der Waals surface area contributed by atoms with Crippen molar-refractivity contribution in [3.05, 3.63) is 47.7 Å². The molecule has 1 N–H and O–H groups in total. The summed E-state index contributed by atoms with van der Waals surface area (Å²) in [6.45, 7) is 0.853. The molecule has 1 saturated heterocycles. The molecule has 3 heterocycles. The van der Waals surface area contributed by atoms with Crippen LogP contribution in [-0.4, -0.2) is 49.5 Å². The van der Waals surface area contributed by atoms with Crippen molar-refractivity contribution < 1.29 is 23.5 Å². The molecule has 1 aliphatic heterocycles. The van der Waals surface area contributed by atoms with E-state index in [9.17, 15) is 14.0 Å². The zero-order chi connectivity index (χ0) is 18.3. The highest BCUT2D eigenvalue weighted by atomic mass is 19.1. The normalized spacial score (nSPS) is 17.1. The molecule has 8 nitrogen and oxygen atoms in total. The van der Waals surface area contributed by atoms with E-state index >= 15 is 0 Å². The van der Waals surface area contributed by atoms with Crippen molar-refractivity contribution >= 4 is 22.8 Å². The Bertz CT molecular complexity index is 996. The minimum atomic E-state index is -1.16. The number of carbonyl (C=O) groups is 2. The first-order valence-electron chi connectivity index (χ1n) is 8.14. The van der Waals surface area contributed by atoms with Crippen molar-refractivity contribution in [3.63, 3.8) is 0 Å². The summed E-state index contributed by atoms with van der Waals surface area (Å²) in [5, 5.41) is 16.8. The maximum Gasteiger partial charge on any atom is 0.358 e. The number of carboxylic acids is 1. The van der Waals surface area contributed by atoms with E-state index in [2.05, 4.69) is 10.3 Å². The number of hydrogen-bond acceptors (Lipinski definition) is 5. The number of furan rings is 1. The Balaban J connectivity index is 1.60. The van der Waals surface area contributed by atoms with E-state index in [4.69, 9.17) is 9.52 Å². The minimum absolute atomic E-state index is 0.150. The number of amides is 1. The van der Waals surface area contributed by atoms with Crippen LogP contribution in [0.1, 0.15) is 33.7 Å². The second-order valence-electron chi connectivity index (χ2n) is 6.22. The number of carbonyl (C=O) groups excluding carboxylic acids is 1. The molecule has 1 aliphatic rings. The van der Waals surface area contributed by atoms with Crippen LogP contribution in [0.2, 0.25) is 0 Å². The third-order valence-electron chi connectivity index (χ3n) is 4.54. The highest BCUT2D eigenvalue weighted by molar-refractivity contribution is 6.05. The Kier molecular flexibility index (Phi) is 3.90. The van der Waals surface area contributed by atoms with Crippen molar-refractivity contribution in [3.8, 4) is 0 Å². The molecule has 1 fully saturated rings. The summed E-state index contributed by atoms with van der Waals surface area (Å²) in [5.41, 5.74) is 0.390. The van der Waals surface area contributed by atoms with Gasteiger partial charge in [-0.05, 0) is 31.0 Å². The fourth-order valence-electron chi connectivity index (χ4n) is 3.35. The molecule has 9 heteroatoms. The fraction of sp³-hybridized carbons (Fsp3) is 0.294. The van der Waals surface area contributed by atoms with Crippen molar-refractivity contribution in [2.24, 2.45) is 0 Å². The lowest BCUT2D eigenvalue weighted by Gasteiger charge is -2.24. The van der Waals surface area contributed by atoms with Gasteiger partial charge in [-0.15, -0.1) is 5.10 Å². The van der Waals surface area contributed by atoms with Crippen molar-refractivity contribution in [1.29, 1.82) is 0 Å². The summed E-state index contributed by atoms with van der Waals surface area (Å²) in [7, 11) is 0. The van der Waals surface area contributed by atoms with Gasteiger partial charge in [0.1, 0.15) is 11.4 Å². The number of fused-ring (bicyclic) bond motifs is 1. The predicted molar refractivity (Wildman–Crippen MR) is 87.2 cm³/mol. The van der Waals surface area contributed by atoms with Gasteiger partial charge in [-0.3, -0.25) is 4.79 Å². The summed E-state index contributed by atoms with van der Waals surface area (Å²) in [4.78, 5) is 25.6. The van der Waals surface area contributed by atoms with Gasteiger partial charge >= 0.3 is 5.97 Å². The van der Waals surface area contributed by atoms with Gasteiger partial charge in [-0.1, -0.05) is 5.21 Å². The van der Waals surface area contributed by atoms with E-state index in [0.717, 1.165) is 12.8 Å². The van der Waals surface area contributed by atoms with Crippen molar-refractivity contribution in [2.75, 3.05) is 6.54 Å². The molecule has 1 unspecified atom stereocenters. The number of benzene rings is 1. The number of carboxylic acid groups (broad SMARTS) is 1. The van der Waals surface area contributed by atoms with Crippen LogP contribution in [0, 0.1) is 5.82 Å². The average molecular weight is 358 g/mol. The van der Waals surface area contributed by atoms with E-state index in [0.29, 0.717) is 24.1 Å². The molecule has 0 bridgehead atoms. The number of aromatic nitrogens is 3. The third-order valence-corrected chi connectivity index (χ3v) is 4.54. The standard InChI is InChI=1S/C17H15FN4O4/c18-11-6-10-3-5-26-15(10)13(7-11)16(23)22-4-1-2-12(22)8-21-9-14(17(24)25)19-20-21/h3,5-7,9,12H,1-2,4,8H2,(H,24,25). The van der Waals surface area contributed by atoms with Crippen LogP contribution in [0.3, 0.4) is 0 Å². The highest BCUT2D eigenvalue weighted by Gasteiger charge is 2.32. The Morgan fingerprint density at radius 3 is 3.00 bits per heavy atom. The molecule has 1 aromatic carbocycles. The monoisotopic (exact) mass is 358 g/mol. The molecule has 2 aromatic heterocycles. The molecule has 0 saturated carbocycles. The number of likely N-dealkylation sites (tertiary alicyclic amines) is 1. The van der Waals surface area contributed by atoms with Gasteiger partial charge in [0.05, 0.1) is 30.6 Å². The van der Waals surface area contributed by atoms with Gasteiger partial charge in [0.2, 0.25) is 0 Å². The number of rotatable bonds is 4. The third kappa shape index (κ3) is 2.81. The molecule has 0 spiro atoms. The fourth-order valence-corrected chi connectivity index (χ4v) is 3.35. The smallest absolute Gasteiger partial charge is 0.358 e. The lowest BCUT2D eigenvalue weighted by molar-refractivity contribution is 0.0686. The van der Waals surface area contributed by atoms with Crippen molar-refractivity contribution in [2.45, 2.75) is 25.4 Å². The predicted octanol–water partition coefficient (Wildman–Crippen LogP) is 2.17. The molecule has 1 atom stereocenters. The average Bonchev–Trinajstić information content (AvgIpc) is 3.33. The number of aromatic carboxylic acids is 1. The van der Waals surface area contributed by atoms with Crippen LogP contribution >= 0.6 is 0 Å². The molecule has 4 rings (SSSR count). The maximum absolute atomic E-state index is 13.9. The molecule has 0 aliphatic carbocycles. The summed E-state index contributed by atoms with van der Waals surface area (Å²) in [5.74, 6) is -1.97. The van der Waals surface area contributed by atoms with Crippen LogP contribution in [0.4, 0.5) is 4.39 Å². The van der Waals surface area contributed by atoms with E-state index in [-0.39, 0.29) is 23.2 Å². The molecule has 1 amide bonds. The Hall–Kier alpha value is -3.23. The Morgan fingerprint density at radius 1 is 1.38 bits per heavy atom. The van der Waals surface area contributed by atoms with Gasteiger partial charge in [0, 0.05) is 11.9 Å². The largest absolute Gasteiger partial charge is 0.476 e. The Morgan fingerprint density at radius 2 is 2.23 bits per heavy atom. The lowest BCUT2D eigenvalue weighted by atomic mass is 10.1. The van der Waals surface area contributed by atoms with E-state index in [1.807, 2.05) is 0 Å². The maximum atomic E-state index is 13.9. The minimum Gasteiger partial charge on any atom is -0.476 e. The summed E-state index contributed by atoms with van der Waals surface area (Å²) in [6, 6.07) is 3.93. The molecular weight excluding hydrogens is 343 g/mol.